The Balaban J connectivity index is 1.43. The molecule has 8 nitrogen and oxygen atoms in total. The first-order valence-corrected chi connectivity index (χ1v) is 10.2. The number of ether oxygens (including phenoxy) is 1. The molecule has 1 amide bonds. The van der Waals surface area contributed by atoms with Crippen molar-refractivity contribution in [1.82, 2.24) is 24.6 Å². The van der Waals surface area contributed by atoms with Crippen LogP contribution in [-0.2, 0) is 13.6 Å². The fourth-order valence-corrected chi connectivity index (χ4v) is 4.26. The lowest BCUT2D eigenvalue weighted by molar-refractivity contribution is 0.0665. The summed E-state index contributed by atoms with van der Waals surface area (Å²) in [5.74, 6) is 2.76. The number of aromatic nitrogens is 3. The van der Waals surface area contributed by atoms with Crippen molar-refractivity contribution >= 4 is 5.91 Å². The number of rotatable bonds is 5. The third-order valence-electron chi connectivity index (χ3n) is 5.88. The SMILES string of the molecule is COc1ccc(C(=O)N2CCC[C@@H](c3nnc(CN4CCCCC4)n3C)C2)o1. The fraction of sp³-hybridized carbons (Fsp3) is 0.650. The third-order valence-corrected chi connectivity index (χ3v) is 5.88. The summed E-state index contributed by atoms with van der Waals surface area (Å²) >= 11 is 0. The molecule has 0 spiro atoms. The molecule has 0 saturated carbocycles. The normalized spacial score (nSPS) is 21.1. The third kappa shape index (κ3) is 3.92. The Kier molecular flexibility index (Phi) is 5.66. The number of nitrogens with zero attached hydrogens (tertiary/aromatic N) is 5. The van der Waals surface area contributed by atoms with E-state index in [4.69, 9.17) is 9.15 Å². The van der Waals surface area contributed by atoms with Gasteiger partial charge in [-0.05, 0) is 44.8 Å². The number of amides is 1. The van der Waals surface area contributed by atoms with Crippen molar-refractivity contribution < 1.29 is 13.9 Å². The lowest BCUT2D eigenvalue weighted by Crippen LogP contribution is -2.39. The van der Waals surface area contributed by atoms with Gasteiger partial charge in [0.05, 0.1) is 13.7 Å². The summed E-state index contributed by atoms with van der Waals surface area (Å²) in [6, 6.07) is 3.34. The summed E-state index contributed by atoms with van der Waals surface area (Å²) in [4.78, 5) is 17.1. The molecule has 28 heavy (non-hydrogen) atoms. The van der Waals surface area contributed by atoms with Gasteiger partial charge in [0.2, 0.25) is 0 Å². The van der Waals surface area contributed by atoms with Crippen molar-refractivity contribution in [3.8, 4) is 5.95 Å². The highest BCUT2D eigenvalue weighted by Crippen LogP contribution is 2.28. The van der Waals surface area contributed by atoms with Crippen LogP contribution < -0.4 is 4.74 Å². The van der Waals surface area contributed by atoms with E-state index in [0.29, 0.717) is 18.3 Å². The number of carbonyl (C=O) groups excluding carboxylic acids is 1. The highest BCUT2D eigenvalue weighted by Gasteiger charge is 2.30. The van der Waals surface area contributed by atoms with Crippen LogP contribution in [0.5, 0.6) is 5.95 Å². The number of carbonyl (C=O) groups is 1. The zero-order chi connectivity index (χ0) is 19.5. The maximum atomic E-state index is 12.8. The zero-order valence-corrected chi connectivity index (χ0v) is 16.8. The quantitative estimate of drug-likeness (QED) is 0.784. The van der Waals surface area contributed by atoms with E-state index >= 15 is 0 Å². The molecule has 2 aromatic heterocycles. The van der Waals surface area contributed by atoms with Crippen LogP contribution in [0.15, 0.2) is 16.5 Å². The van der Waals surface area contributed by atoms with E-state index in [0.717, 1.165) is 50.7 Å². The first-order valence-electron chi connectivity index (χ1n) is 10.2. The Bertz CT molecular complexity index is 809. The Morgan fingerprint density at radius 2 is 2.00 bits per heavy atom. The van der Waals surface area contributed by atoms with E-state index in [1.165, 1.54) is 26.4 Å². The standard InChI is InChI=1S/C20H29N5O3/c1-23-17(14-24-10-4-3-5-11-24)21-22-19(23)15-7-6-12-25(13-15)20(26)16-8-9-18(27-2)28-16/h8-9,15H,3-7,10-14H2,1-2H3/t15-/m1/s1. The van der Waals surface area contributed by atoms with E-state index in [2.05, 4.69) is 19.7 Å². The Morgan fingerprint density at radius 3 is 2.75 bits per heavy atom. The van der Waals surface area contributed by atoms with E-state index in [-0.39, 0.29) is 11.8 Å². The van der Waals surface area contributed by atoms with Gasteiger partial charge in [0.15, 0.2) is 5.76 Å². The molecule has 2 aliphatic rings. The Labute approximate surface area is 165 Å². The molecule has 0 N–H and O–H groups in total. The maximum Gasteiger partial charge on any atom is 0.289 e. The smallest absolute Gasteiger partial charge is 0.289 e. The molecule has 0 unspecified atom stereocenters. The topological polar surface area (TPSA) is 76.6 Å². The predicted octanol–water partition coefficient (Wildman–Crippen LogP) is 2.42. The monoisotopic (exact) mass is 387 g/mol. The summed E-state index contributed by atoms with van der Waals surface area (Å²) in [5.41, 5.74) is 0. The molecule has 0 aliphatic carbocycles. The van der Waals surface area contributed by atoms with Gasteiger partial charge in [0, 0.05) is 32.1 Å². The molecule has 0 aromatic carbocycles. The minimum Gasteiger partial charge on any atom is -0.468 e. The molecule has 2 aliphatic heterocycles. The van der Waals surface area contributed by atoms with Crippen LogP contribution in [0.3, 0.4) is 0 Å². The number of likely N-dealkylation sites (tertiary alicyclic amines) is 2. The number of methoxy groups -OCH3 is 1. The van der Waals surface area contributed by atoms with Gasteiger partial charge in [-0.25, -0.2) is 0 Å². The van der Waals surface area contributed by atoms with Crippen molar-refractivity contribution in [1.29, 1.82) is 0 Å². The molecular formula is C20H29N5O3. The molecule has 0 bridgehead atoms. The van der Waals surface area contributed by atoms with Crippen molar-refractivity contribution in [3.05, 3.63) is 29.5 Å². The minimum atomic E-state index is -0.0938. The number of hydrogen-bond acceptors (Lipinski definition) is 6. The molecule has 152 valence electrons. The lowest BCUT2D eigenvalue weighted by Gasteiger charge is -2.31. The summed E-state index contributed by atoms with van der Waals surface area (Å²) in [5, 5.41) is 8.95. The van der Waals surface area contributed by atoms with Crippen LogP contribution in [0, 0.1) is 0 Å². The second kappa shape index (κ2) is 8.34. The molecule has 4 rings (SSSR count). The summed E-state index contributed by atoms with van der Waals surface area (Å²) in [6.07, 6.45) is 5.82. The highest BCUT2D eigenvalue weighted by molar-refractivity contribution is 5.91. The lowest BCUT2D eigenvalue weighted by atomic mass is 9.97. The van der Waals surface area contributed by atoms with Crippen molar-refractivity contribution in [2.75, 3.05) is 33.3 Å². The van der Waals surface area contributed by atoms with Gasteiger partial charge < -0.3 is 18.6 Å². The van der Waals surface area contributed by atoms with Crippen molar-refractivity contribution in [2.24, 2.45) is 7.05 Å². The van der Waals surface area contributed by atoms with Gasteiger partial charge in [-0.3, -0.25) is 9.69 Å². The van der Waals surface area contributed by atoms with Gasteiger partial charge in [0.1, 0.15) is 11.6 Å². The van der Waals surface area contributed by atoms with Crippen LogP contribution in [0.1, 0.15) is 60.2 Å². The summed E-state index contributed by atoms with van der Waals surface area (Å²) in [7, 11) is 3.58. The average molecular weight is 387 g/mol. The fourth-order valence-electron chi connectivity index (χ4n) is 4.26. The van der Waals surface area contributed by atoms with Crippen LogP contribution in [0.4, 0.5) is 0 Å². The summed E-state index contributed by atoms with van der Waals surface area (Å²) < 4.78 is 12.6. The van der Waals surface area contributed by atoms with E-state index in [1.807, 2.05) is 11.9 Å². The average Bonchev–Trinajstić information content (AvgIpc) is 3.36. The van der Waals surface area contributed by atoms with Crippen LogP contribution in [-0.4, -0.2) is 63.8 Å². The van der Waals surface area contributed by atoms with Gasteiger partial charge in [-0.2, -0.15) is 0 Å². The van der Waals surface area contributed by atoms with Crippen molar-refractivity contribution in [3.63, 3.8) is 0 Å². The van der Waals surface area contributed by atoms with Crippen molar-refractivity contribution in [2.45, 2.75) is 44.6 Å². The van der Waals surface area contributed by atoms with Gasteiger partial charge in [-0.1, -0.05) is 6.42 Å². The van der Waals surface area contributed by atoms with E-state index < -0.39 is 0 Å². The molecule has 1 atom stereocenters. The van der Waals surface area contributed by atoms with E-state index in [9.17, 15) is 4.79 Å². The van der Waals surface area contributed by atoms with Gasteiger partial charge >= 0.3 is 0 Å². The number of hydrogen-bond donors (Lipinski definition) is 0. The first-order chi connectivity index (χ1) is 13.7. The van der Waals surface area contributed by atoms with Crippen LogP contribution >= 0.6 is 0 Å². The maximum absolute atomic E-state index is 12.8. The highest BCUT2D eigenvalue weighted by atomic mass is 16.6. The first kappa shape index (κ1) is 19.0. The molecule has 8 heteroatoms. The van der Waals surface area contributed by atoms with Gasteiger partial charge in [0.25, 0.3) is 11.9 Å². The Hall–Kier alpha value is -2.35. The largest absolute Gasteiger partial charge is 0.468 e. The molecular weight excluding hydrogens is 358 g/mol. The number of furan rings is 1. The van der Waals surface area contributed by atoms with Crippen LogP contribution in [0.25, 0.3) is 0 Å². The van der Waals surface area contributed by atoms with Crippen LogP contribution in [0.2, 0.25) is 0 Å². The molecule has 2 aromatic rings. The predicted molar refractivity (Wildman–Crippen MR) is 103 cm³/mol. The zero-order valence-electron chi connectivity index (χ0n) is 16.8. The Morgan fingerprint density at radius 1 is 1.18 bits per heavy atom. The van der Waals surface area contributed by atoms with Gasteiger partial charge in [-0.15, -0.1) is 10.2 Å². The minimum absolute atomic E-state index is 0.0938. The molecule has 2 saturated heterocycles. The number of piperidine rings is 2. The molecule has 4 heterocycles. The molecule has 0 radical (unpaired) electrons. The van der Waals surface area contributed by atoms with E-state index in [1.54, 1.807) is 12.1 Å². The second-order valence-corrected chi connectivity index (χ2v) is 7.78. The molecule has 2 fully saturated rings. The second-order valence-electron chi connectivity index (χ2n) is 7.78. The summed E-state index contributed by atoms with van der Waals surface area (Å²) in [6.45, 7) is 4.50.